The second-order valence-corrected chi connectivity index (χ2v) is 4.88. The number of ether oxygens (including phenoxy) is 1. The largest absolute Gasteiger partial charge is 0.449 e. The van der Waals surface area contributed by atoms with Crippen LogP contribution in [0.4, 0.5) is 4.79 Å². The Hall–Kier alpha value is -2.89. The molecule has 0 bridgehead atoms. The molecule has 120 valence electrons. The Morgan fingerprint density at radius 1 is 0.957 bits per heavy atom. The molecule has 0 unspecified atom stereocenters. The van der Waals surface area contributed by atoms with Gasteiger partial charge in [-0.05, 0) is 23.8 Å². The molecule has 23 heavy (non-hydrogen) atoms. The lowest BCUT2D eigenvalue weighted by atomic mass is 10.0. The fraction of sp³-hybridized carbons (Fsp3) is 0.235. The molecule has 2 aromatic rings. The molecule has 2 aromatic carbocycles. The van der Waals surface area contributed by atoms with Crippen LogP contribution in [0.3, 0.4) is 0 Å². The van der Waals surface area contributed by atoms with E-state index in [-0.39, 0.29) is 25.2 Å². The van der Waals surface area contributed by atoms with Gasteiger partial charge in [0.05, 0.1) is 6.61 Å². The first-order chi connectivity index (χ1) is 11.1. The van der Waals surface area contributed by atoms with E-state index in [9.17, 15) is 14.4 Å². The second kappa shape index (κ2) is 7.93. The molecule has 0 aliphatic carbocycles. The van der Waals surface area contributed by atoms with Crippen LogP contribution in [-0.2, 0) is 9.53 Å². The first-order valence-electron chi connectivity index (χ1n) is 7.33. The summed E-state index contributed by atoms with van der Waals surface area (Å²) in [6.07, 6.45) is -0.686. The van der Waals surface area contributed by atoms with E-state index in [0.717, 1.165) is 10.8 Å². The van der Waals surface area contributed by atoms with E-state index in [2.05, 4.69) is 15.6 Å². The van der Waals surface area contributed by atoms with Gasteiger partial charge in [-0.2, -0.15) is 0 Å². The van der Waals surface area contributed by atoms with Crippen LogP contribution in [0.15, 0.2) is 42.5 Å². The normalized spacial score (nSPS) is 10.1. The number of carbonyl (C=O) groups excluding carboxylic acids is 3. The molecule has 0 spiro atoms. The minimum Gasteiger partial charge on any atom is -0.449 e. The Morgan fingerprint density at radius 3 is 2.43 bits per heavy atom. The minimum atomic E-state index is -0.735. The first-order valence-corrected chi connectivity index (χ1v) is 7.33. The van der Waals surface area contributed by atoms with Gasteiger partial charge in [-0.25, -0.2) is 10.2 Å². The standard InChI is InChI=1S/C17H18N2O4/c1-2-23-17(22)19-18-16(21)10-9-15(20)14-8-7-12-5-3-4-6-13(12)11-14/h3-8,11H,2,9-10H2,1H3,(H,18,21)(H,19,22). The topological polar surface area (TPSA) is 84.5 Å². The fourth-order valence-electron chi connectivity index (χ4n) is 2.08. The maximum Gasteiger partial charge on any atom is 0.426 e. The van der Waals surface area contributed by atoms with Gasteiger partial charge in [0.2, 0.25) is 5.91 Å². The van der Waals surface area contributed by atoms with Crippen molar-refractivity contribution in [1.82, 2.24) is 10.9 Å². The van der Waals surface area contributed by atoms with Gasteiger partial charge in [0.1, 0.15) is 0 Å². The van der Waals surface area contributed by atoms with Gasteiger partial charge in [-0.15, -0.1) is 0 Å². The van der Waals surface area contributed by atoms with Crippen LogP contribution in [-0.4, -0.2) is 24.4 Å². The number of Topliss-reactive ketones (excluding diaryl/α,β-unsaturated/α-hetero) is 1. The van der Waals surface area contributed by atoms with Crippen LogP contribution in [0.5, 0.6) is 0 Å². The summed E-state index contributed by atoms with van der Waals surface area (Å²) in [5.41, 5.74) is 4.85. The summed E-state index contributed by atoms with van der Waals surface area (Å²) in [4.78, 5) is 34.7. The molecule has 2 N–H and O–H groups in total. The molecule has 0 radical (unpaired) electrons. The van der Waals surface area contributed by atoms with Crippen molar-refractivity contribution in [2.45, 2.75) is 19.8 Å². The summed E-state index contributed by atoms with van der Waals surface area (Å²) in [6.45, 7) is 1.87. The average Bonchev–Trinajstić information content (AvgIpc) is 2.57. The Labute approximate surface area is 133 Å². The third kappa shape index (κ3) is 4.81. The van der Waals surface area contributed by atoms with E-state index in [1.54, 1.807) is 13.0 Å². The van der Waals surface area contributed by atoms with Crippen molar-refractivity contribution < 1.29 is 19.1 Å². The van der Waals surface area contributed by atoms with Gasteiger partial charge in [0.25, 0.3) is 0 Å². The number of amides is 2. The highest BCUT2D eigenvalue weighted by atomic mass is 16.5. The summed E-state index contributed by atoms with van der Waals surface area (Å²) >= 11 is 0. The quantitative estimate of drug-likeness (QED) is 0.656. The van der Waals surface area contributed by atoms with Gasteiger partial charge in [0.15, 0.2) is 5.78 Å². The van der Waals surface area contributed by atoms with Crippen molar-refractivity contribution in [3.8, 4) is 0 Å². The molecule has 0 saturated carbocycles. The summed E-state index contributed by atoms with van der Waals surface area (Å²) < 4.78 is 4.60. The van der Waals surface area contributed by atoms with Crippen molar-refractivity contribution in [2.75, 3.05) is 6.61 Å². The number of hydrogen-bond acceptors (Lipinski definition) is 4. The lowest BCUT2D eigenvalue weighted by Crippen LogP contribution is -2.41. The van der Waals surface area contributed by atoms with Gasteiger partial charge < -0.3 is 4.74 Å². The average molecular weight is 314 g/mol. The number of ketones is 1. The molecular weight excluding hydrogens is 296 g/mol. The predicted octanol–water partition coefficient (Wildman–Crippen LogP) is 2.58. The van der Waals surface area contributed by atoms with E-state index >= 15 is 0 Å². The van der Waals surface area contributed by atoms with Crippen LogP contribution in [0, 0.1) is 0 Å². The molecule has 0 saturated heterocycles. The summed E-state index contributed by atoms with van der Waals surface area (Å²) in [6, 6.07) is 13.2. The van der Waals surface area contributed by atoms with Gasteiger partial charge in [-0.1, -0.05) is 36.4 Å². The molecule has 0 aliphatic rings. The molecule has 0 fully saturated rings. The Balaban J connectivity index is 1.86. The van der Waals surface area contributed by atoms with Crippen molar-refractivity contribution in [1.29, 1.82) is 0 Å². The molecule has 2 rings (SSSR count). The van der Waals surface area contributed by atoms with Crippen molar-refractivity contribution in [2.24, 2.45) is 0 Å². The zero-order chi connectivity index (χ0) is 16.7. The number of carbonyl (C=O) groups is 3. The zero-order valence-corrected chi connectivity index (χ0v) is 12.8. The lowest BCUT2D eigenvalue weighted by Gasteiger charge is -2.07. The summed E-state index contributed by atoms with van der Waals surface area (Å²) in [5.74, 6) is -0.575. The van der Waals surface area contributed by atoms with E-state index in [1.807, 2.05) is 36.4 Å². The highest BCUT2D eigenvalue weighted by Gasteiger charge is 2.10. The SMILES string of the molecule is CCOC(=O)NNC(=O)CCC(=O)c1ccc2ccccc2c1. The van der Waals surface area contributed by atoms with E-state index in [0.29, 0.717) is 5.56 Å². The zero-order valence-electron chi connectivity index (χ0n) is 12.8. The van der Waals surface area contributed by atoms with Gasteiger partial charge in [-0.3, -0.25) is 15.0 Å². The van der Waals surface area contributed by atoms with E-state index in [4.69, 9.17) is 0 Å². The highest BCUT2D eigenvalue weighted by molar-refractivity contribution is 6.01. The summed E-state index contributed by atoms with van der Waals surface area (Å²) in [7, 11) is 0. The molecule has 0 aromatic heterocycles. The molecule has 6 nitrogen and oxygen atoms in total. The van der Waals surface area contributed by atoms with Gasteiger partial charge in [0, 0.05) is 18.4 Å². The number of hydrazine groups is 1. The van der Waals surface area contributed by atoms with Crippen LogP contribution in [0.25, 0.3) is 10.8 Å². The van der Waals surface area contributed by atoms with Crippen LogP contribution < -0.4 is 10.9 Å². The maximum absolute atomic E-state index is 12.1. The Bertz CT molecular complexity index is 727. The number of hydrogen-bond donors (Lipinski definition) is 2. The number of fused-ring (bicyclic) bond motifs is 1. The maximum atomic E-state index is 12.1. The molecule has 6 heteroatoms. The Morgan fingerprint density at radius 2 is 1.70 bits per heavy atom. The van der Waals surface area contributed by atoms with Crippen molar-refractivity contribution in [3.05, 3.63) is 48.0 Å². The molecule has 0 atom stereocenters. The van der Waals surface area contributed by atoms with Crippen LogP contribution in [0.2, 0.25) is 0 Å². The van der Waals surface area contributed by atoms with E-state index in [1.165, 1.54) is 0 Å². The molecule has 2 amide bonds. The number of nitrogens with one attached hydrogen (secondary N) is 2. The number of benzene rings is 2. The van der Waals surface area contributed by atoms with Crippen LogP contribution >= 0.6 is 0 Å². The first kappa shape index (κ1) is 16.5. The van der Waals surface area contributed by atoms with Crippen molar-refractivity contribution in [3.63, 3.8) is 0 Å². The lowest BCUT2D eigenvalue weighted by molar-refractivity contribution is -0.121. The molecular formula is C17H18N2O4. The van der Waals surface area contributed by atoms with Crippen LogP contribution in [0.1, 0.15) is 30.1 Å². The second-order valence-electron chi connectivity index (χ2n) is 4.88. The van der Waals surface area contributed by atoms with Gasteiger partial charge >= 0.3 is 6.09 Å². The summed E-state index contributed by atoms with van der Waals surface area (Å²) in [5, 5.41) is 2.03. The highest BCUT2D eigenvalue weighted by Crippen LogP contribution is 2.17. The van der Waals surface area contributed by atoms with Crippen molar-refractivity contribution >= 4 is 28.6 Å². The number of rotatable bonds is 5. The predicted molar refractivity (Wildman–Crippen MR) is 85.8 cm³/mol. The fourth-order valence-corrected chi connectivity index (χ4v) is 2.08. The minimum absolute atomic E-state index is 0.0158. The van der Waals surface area contributed by atoms with E-state index < -0.39 is 12.0 Å². The third-order valence-electron chi connectivity index (χ3n) is 3.23. The monoisotopic (exact) mass is 314 g/mol. The third-order valence-corrected chi connectivity index (χ3v) is 3.23. The Kier molecular flexibility index (Phi) is 5.68. The molecule has 0 aliphatic heterocycles. The molecule has 0 heterocycles. The smallest absolute Gasteiger partial charge is 0.426 e.